The molecule has 0 heterocycles. The van der Waals surface area contributed by atoms with Crippen LogP contribution in [0.4, 0.5) is 4.79 Å². The molecule has 0 aromatic heterocycles. The van der Waals surface area contributed by atoms with Gasteiger partial charge in [-0.1, -0.05) is 19.4 Å². The molecule has 0 aromatic carbocycles. The average molecular weight is 256 g/mol. The highest BCUT2D eigenvalue weighted by molar-refractivity contribution is 5.83. The summed E-state index contributed by atoms with van der Waals surface area (Å²) in [7, 11) is 0. The summed E-state index contributed by atoms with van der Waals surface area (Å²) in [5, 5.41) is 11.6. The van der Waals surface area contributed by atoms with Crippen LogP contribution in [0, 0.1) is 0 Å². The molecule has 0 saturated heterocycles. The van der Waals surface area contributed by atoms with Gasteiger partial charge in [0, 0.05) is 12.1 Å². The molecule has 0 aliphatic heterocycles. The fourth-order valence-corrected chi connectivity index (χ4v) is 1.56. The summed E-state index contributed by atoms with van der Waals surface area (Å²) >= 11 is 0. The summed E-state index contributed by atoms with van der Waals surface area (Å²) in [6, 6.07) is -1.21. The molecule has 0 rings (SSSR count). The van der Waals surface area contributed by atoms with Crippen molar-refractivity contribution in [1.29, 1.82) is 0 Å². The number of urea groups is 1. The summed E-state index contributed by atoms with van der Waals surface area (Å²) in [4.78, 5) is 24.6. The van der Waals surface area contributed by atoms with E-state index in [-0.39, 0.29) is 11.6 Å². The van der Waals surface area contributed by atoms with Gasteiger partial charge in [-0.2, -0.15) is 0 Å². The molecule has 0 spiro atoms. The van der Waals surface area contributed by atoms with Gasteiger partial charge in [0.25, 0.3) is 0 Å². The van der Waals surface area contributed by atoms with Gasteiger partial charge in [0.05, 0.1) is 0 Å². The zero-order chi connectivity index (χ0) is 14.3. The van der Waals surface area contributed by atoms with Gasteiger partial charge < -0.3 is 15.3 Å². The van der Waals surface area contributed by atoms with E-state index in [2.05, 4.69) is 11.9 Å². The van der Waals surface area contributed by atoms with Crippen molar-refractivity contribution in [3.05, 3.63) is 12.7 Å². The van der Waals surface area contributed by atoms with Crippen molar-refractivity contribution in [3.8, 4) is 0 Å². The van der Waals surface area contributed by atoms with E-state index in [0.29, 0.717) is 19.4 Å². The molecule has 0 unspecified atom stereocenters. The van der Waals surface area contributed by atoms with Crippen molar-refractivity contribution in [2.75, 3.05) is 6.54 Å². The maximum Gasteiger partial charge on any atom is 0.326 e. The van der Waals surface area contributed by atoms with E-state index >= 15 is 0 Å². The second-order valence-corrected chi connectivity index (χ2v) is 5.20. The summed E-state index contributed by atoms with van der Waals surface area (Å²) in [6.07, 6.45) is 2.75. The van der Waals surface area contributed by atoms with Gasteiger partial charge in [-0.3, -0.25) is 0 Å². The van der Waals surface area contributed by atoms with Crippen LogP contribution >= 0.6 is 0 Å². The normalized spacial score (nSPS) is 12.7. The molecular weight excluding hydrogens is 232 g/mol. The quantitative estimate of drug-likeness (QED) is 0.716. The highest BCUT2D eigenvalue weighted by Gasteiger charge is 2.28. The Kier molecular flexibility index (Phi) is 6.44. The fraction of sp³-hybridized carbons (Fsp3) is 0.692. The van der Waals surface area contributed by atoms with E-state index in [1.54, 1.807) is 11.0 Å². The lowest BCUT2D eigenvalue weighted by Gasteiger charge is -2.35. The molecule has 0 bridgehead atoms. The minimum atomic E-state index is -1.00. The number of hydrogen-bond donors (Lipinski definition) is 2. The van der Waals surface area contributed by atoms with Crippen molar-refractivity contribution in [1.82, 2.24) is 10.2 Å². The average Bonchev–Trinajstić information content (AvgIpc) is 2.23. The number of rotatable bonds is 6. The number of amides is 2. The Balaban J connectivity index is 4.77. The summed E-state index contributed by atoms with van der Waals surface area (Å²) in [6.45, 7) is 11.6. The molecule has 0 saturated carbocycles. The van der Waals surface area contributed by atoms with Crippen LogP contribution in [0.1, 0.15) is 40.5 Å². The minimum Gasteiger partial charge on any atom is -0.480 e. The molecule has 0 radical (unpaired) electrons. The van der Waals surface area contributed by atoms with Crippen molar-refractivity contribution in [3.63, 3.8) is 0 Å². The SMILES string of the molecule is C=CCN(C(=O)N[C@@H](CCC)C(=O)O)C(C)(C)C. The third-order valence-electron chi connectivity index (χ3n) is 2.54. The van der Waals surface area contributed by atoms with Gasteiger partial charge in [-0.25, -0.2) is 9.59 Å². The van der Waals surface area contributed by atoms with Crippen LogP contribution in [0.25, 0.3) is 0 Å². The first-order chi connectivity index (χ1) is 8.23. The second-order valence-electron chi connectivity index (χ2n) is 5.20. The van der Waals surface area contributed by atoms with E-state index in [1.165, 1.54) is 0 Å². The molecule has 0 aliphatic rings. The first-order valence-electron chi connectivity index (χ1n) is 6.15. The van der Waals surface area contributed by atoms with Crippen LogP contribution in [0.3, 0.4) is 0 Å². The molecule has 0 aliphatic carbocycles. The van der Waals surface area contributed by atoms with Crippen LogP contribution in [-0.4, -0.2) is 40.1 Å². The molecule has 5 nitrogen and oxygen atoms in total. The van der Waals surface area contributed by atoms with E-state index in [1.807, 2.05) is 27.7 Å². The van der Waals surface area contributed by atoms with Crippen molar-refractivity contribution in [2.24, 2.45) is 0 Å². The zero-order valence-corrected chi connectivity index (χ0v) is 11.7. The number of carbonyl (C=O) groups excluding carboxylic acids is 1. The number of carboxylic acids is 1. The van der Waals surface area contributed by atoms with E-state index in [9.17, 15) is 9.59 Å². The van der Waals surface area contributed by atoms with Gasteiger partial charge in [0.1, 0.15) is 6.04 Å². The largest absolute Gasteiger partial charge is 0.480 e. The lowest BCUT2D eigenvalue weighted by molar-refractivity contribution is -0.139. The number of carboxylic acid groups (broad SMARTS) is 1. The first-order valence-corrected chi connectivity index (χ1v) is 6.15. The molecule has 1 atom stereocenters. The Morgan fingerprint density at radius 3 is 2.33 bits per heavy atom. The predicted octanol–water partition coefficient (Wildman–Crippen LogP) is 2.24. The summed E-state index contributed by atoms with van der Waals surface area (Å²) < 4.78 is 0. The third kappa shape index (κ3) is 5.21. The Labute approximate surface area is 109 Å². The van der Waals surface area contributed by atoms with Crippen LogP contribution in [0.5, 0.6) is 0 Å². The first kappa shape index (κ1) is 16.5. The maximum absolute atomic E-state index is 12.1. The number of nitrogens with zero attached hydrogens (tertiary/aromatic N) is 1. The second kappa shape index (κ2) is 7.03. The number of carbonyl (C=O) groups is 2. The van der Waals surface area contributed by atoms with Crippen LogP contribution in [0.15, 0.2) is 12.7 Å². The highest BCUT2D eigenvalue weighted by atomic mass is 16.4. The highest BCUT2D eigenvalue weighted by Crippen LogP contribution is 2.13. The van der Waals surface area contributed by atoms with E-state index in [0.717, 1.165) is 0 Å². The molecule has 18 heavy (non-hydrogen) atoms. The standard InChI is InChI=1S/C13H24N2O3/c1-6-8-10(11(16)17)14-12(18)15(9-7-2)13(3,4)5/h7,10H,2,6,8-9H2,1,3-5H3,(H,14,18)(H,16,17)/t10-/m0/s1. The minimum absolute atomic E-state index is 0.372. The summed E-state index contributed by atoms with van der Waals surface area (Å²) in [5.74, 6) is -1.00. The Morgan fingerprint density at radius 1 is 1.44 bits per heavy atom. The predicted molar refractivity (Wildman–Crippen MR) is 71.5 cm³/mol. The van der Waals surface area contributed by atoms with Crippen LogP contribution in [-0.2, 0) is 4.79 Å². The van der Waals surface area contributed by atoms with Gasteiger partial charge >= 0.3 is 12.0 Å². The number of hydrogen-bond acceptors (Lipinski definition) is 2. The Bertz CT molecular complexity index is 308. The molecule has 104 valence electrons. The third-order valence-corrected chi connectivity index (χ3v) is 2.54. The molecule has 2 N–H and O–H groups in total. The molecular formula is C13H24N2O3. The van der Waals surface area contributed by atoms with E-state index < -0.39 is 12.0 Å². The van der Waals surface area contributed by atoms with Crippen LogP contribution < -0.4 is 5.32 Å². The van der Waals surface area contributed by atoms with Gasteiger partial charge in [-0.05, 0) is 27.2 Å². The molecule has 2 amide bonds. The molecule has 0 fully saturated rings. The number of aliphatic carboxylic acids is 1. The lowest BCUT2D eigenvalue weighted by Crippen LogP contribution is -2.54. The Hall–Kier alpha value is -1.52. The number of nitrogens with one attached hydrogen (secondary N) is 1. The maximum atomic E-state index is 12.1. The van der Waals surface area contributed by atoms with Gasteiger partial charge in [0.2, 0.25) is 0 Å². The van der Waals surface area contributed by atoms with Crippen molar-refractivity contribution < 1.29 is 14.7 Å². The van der Waals surface area contributed by atoms with Gasteiger partial charge in [0.15, 0.2) is 0 Å². The lowest BCUT2D eigenvalue weighted by atomic mass is 10.1. The summed E-state index contributed by atoms with van der Waals surface area (Å²) in [5.41, 5.74) is -0.381. The van der Waals surface area contributed by atoms with Crippen molar-refractivity contribution in [2.45, 2.75) is 52.1 Å². The zero-order valence-electron chi connectivity index (χ0n) is 11.7. The smallest absolute Gasteiger partial charge is 0.326 e. The van der Waals surface area contributed by atoms with Crippen LogP contribution in [0.2, 0.25) is 0 Å². The topological polar surface area (TPSA) is 69.6 Å². The molecule has 0 aromatic rings. The molecule has 5 heteroatoms. The monoisotopic (exact) mass is 256 g/mol. The van der Waals surface area contributed by atoms with Gasteiger partial charge in [-0.15, -0.1) is 6.58 Å². The Morgan fingerprint density at radius 2 is 2.00 bits per heavy atom. The fourth-order valence-electron chi connectivity index (χ4n) is 1.56. The van der Waals surface area contributed by atoms with E-state index in [4.69, 9.17) is 5.11 Å². The van der Waals surface area contributed by atoms with Crippen molar-refractivity contribution >= 4 is 12.0 Å².